The lowest BCUT2D eigenvalue weighted by atomic mass is 9.98. The predicted octanol–water partition coefficient (Wildman–Crippen LogP) is 1.79. The van der Waals surface area contributed by atoms with Crippen LogP contribution in [0.1, 0.15) is 23.6 Å². The van der Waals surface area contributed by atoms with Crippen molar-refractivity contribution in [1.82, 2.24) is 4.90 Å². The Morgan fingerprint density at radius 2 is 2.16 bits per heavy atom. The van der Waals surface area contributed by atoms with Gasteiger partial charge in [0.1, 0.15) is 5.75 Å². The molecule has 1 fully saturated rings. The summed E-state index contributed by atoms with van der Waals surface area (Å²) in [7, 11) is 5.57. The minimum absolute atomic E-state index is 0.454. The second kappa shape index (κ2) is 6.37. The van der Waals surface area contributed by atoms with E-state index in [1.807, 2.05) is 6.07 Å². The molecule has 0 aromatic heterocycles. The van der Waals surface area contributed by atoms with Crippen molar-refractivity contribution in [3.8, 4) is 5.75 Å². The van der Waals surface area contributed by atoms with Gasteiger partial charge in [0, 0.05) is 25.3 Å². The maximum atomic E-state index is 5.79. The molecular formula is C15H24N2O2. The molecule has 2 N–H and O–H groups in total. The van der Waals surface area contributed by atoms with E-state index in [1.165, 1.54) is 5.56 Å². The van der Waals surface area contributed by atoms with Crippen LogP contribution >= 0.6 is 0 Å². The molecular weight excluding hydrogens is 240 g/mol. The van der Waals surface area contributed by atoms with Crippen molar-refractivity contribution in [1.29, 1.82) is 0 Å². The second-order valence-corrected chi connectivity index (χ2v) is 5.30. The van der Waals surface area contributed by atoms with Crippen LogP contribution in [0.3, 0.4) is 0 Å². The molecule has 1 aromatic carbocycles. The first-order valence-corrected chi connectivity index (χ1v) is 6.75. The van der Waals surface area contributed by atoms with Crippen LogP contribution in [0.25, 0.3) is 0 Å². The van der Waals surface area contributed by atoms with Crippen LogP contribution in [-0.2, 0) is 11.3 Å². The number of ether oxygens (including phenoxy) is 2. The number of nitrogens with zero attached hydrogens (tertiary/aromatic N) is 1. The van der Waals surface area contributed by atoms with Gasteiger partial charge in [-0.25, -0.2) is 0 Å². The SMILES string of the molecule is COCc1cc(C2CC(CN)CN2C)ccc1OC. The molecule has 4 nitrogen and oxygen atoms in total. The van der Waals surface area contributed by atoms with E-state index in [2.05, 4.69) is 24.1 Å². The molecule has 1 aliphatic rings. The number of nitrogens with two attached hydrogens (primary N) is 1. The van der Waals surface area contributed by atoms with Crippen molar-refractivity contribution in [2.24, 2.45) is 11.7 Å². The minimum atomic E-state index is 0.454. The third kappa shape index (κ3) is 3.08. The van der Waals surface area contributed by atoms with Gasteiger partial charge in [0.05, 0.1) is 13.7 Å². The molecule has 0 saturated carbocycles. The number of likely N-dealkylation sites (tertiary alicyclic amines) is 1. The fraction of sp³-hybridized carbons (Fsp3) is 0.600. The van der Waals surface area contributed by atoms with E-state index in [-0.39, 0.29) is 0 Å². The monoisotopic (exact) mass is 264 g/mol. The molecule has 2 atom stereocenters. The molecule has 19 heavy (non-hydrogen) atoms. The summed E-state index contributed by atoms with van der Waals surface area (Å²) in [6.07, 6.45) is 1.13. The number of methoxy groups -OCH3 is 2. The van der Waals surface area contributed by atoms with Crippen LogP contribution < -0.4 is 10.5 Å². The van der Waals surface area contributed by atoms with Crippen LogP contribution in [0.2, 0.25) is 0 Å². The Labute approximate surface area is 115 Å². The molecule has 1 aliphatic heterocycles. The van der Waals surface area contributed by atoms with Gasteiger partial charge >= 0.3 is 0 Å². The van der Waals surface area contributed by atoms with E-state index >= 15 is 0 Å². The number of benzene rings is 1. The van der Waals surface area contributed by atoms with Crippen LogP contribution in [0.4, 0.5) is 0 Å². The van der Waals surface area contributed by atoms with Gasteiger partial charge in [-0.2, -0.15) is 0 Å². The van der Waals surface area contributed by atoms with Gasteiger partial charge in [0.2, 0.25) is 0 Å². The first kappa shape index (κ1) is 14.3. The smallest absolute Gasteiger partial charge is 0.124 e. The molecule has 0 amide bonds. The topological polar surface area (TPSA) is 47.7 Å². The molecule has 2 rings (SSSR count). The van der Waals surface area contributed by atoms with E-state index < -0.39 is 0 Å². The van der Waals surface area contributed by atoms with Crippen molar-refractivity contribution < 1.29 is 9.47 Å². The van der Waals surface area contributed by atoms with Crippen molar-refractivity contribution in [3.05, 3.63) is 29.3 Å². The lowest BCUT2D eigenvalue weighted by Gasteiger charge is -2.21. The third-order valence-corrected chi connectivity index (χ3v) is 3.96. The van der Waals surface area contributed by atoms with E-state index in [0.717, 1.165) is 30.8 Å². The molecule has 1 heterocycles. The number of rotatable bonds is 5. The largest absolute Gasteiger partial charge is 0.496 e. The molecule has 0 spiro atoms. The van der Waals surface area contributed by atoms with E-state index in [4.69, 9.17) is 15.2 Å². The molecule has 1 aromatic rings. The maximum absolute atomic E-state index is 5.79. The first-order chi connectivity index (χ1) is 9.19. The van der Waals surface area contributed by atoms with Gasteiger partial charge in [-0.05, 0) is 43.6 Å². The normalized spacial score (nSPS) is 23.8. The summed E-state index contributed by atoms with van der Waals surface area (Å²) >= 11 is 0. The summed E-state index contributed by atoms with van der Waals surface area (Å²) in [5.74, 6) is 1.49. The summed E-state index contributed by atoms with van der Waals surface area (Å²) in [5.41, 5.74) is 8.22. The number of hydrogen-bond donors (Lipinski definition) is 1. The summed E-state index contributed by atoms with van der Waals surface area (Å²) in [6.45, 7) is 2.42. The zero-order valence-electron chi connectivity index (χ0n) is 12.1. The van der Waals surface area contributed by atoms with Crippen LogP contribution in [-0.4, -0.2) is 39.3 Å². The van der Waals surface area contributed by atoms with Crippen molar-refractivity contribution in [2.75, 3.05) is 34.4 Å². The van der Waals surface area contributed by atoms with Crippen molar-refractivity contribution in [2.45, 2.75) is 19.1 Å². The Morgan fingerprint density at radius 3 is 2.74 bits per heavy atom. The maximum Gasteiger partial charge on any atom is 0.124 e. The predicted molar refractivity (Wildman–Crippen MR) is 76.2 cm³/mol. The first-order valence-electron chi connectivity index (χ1n) is 6.75. The fourth-order valence-corrected chi connectivity index (χ4v) is 2.94. The summed E-state index contributed by atoms with van der Waals surface area (Å²) in [6, 6.07) is 6.84. The third-order valence-electron chi connectivity index (χ3n) is 3.96. The van der Waals surface area contributed by atoms with Gasteiger partial charge in [-0.3, -0.25) is 4.90 Å². The van der Waals surface area contributed by atoms with E-state index in [1.54, 1.807) is 14.2 Å². The highest BCUT2D eigenvalue weighted by Gasteiger charge is 2.29. The molecule has 106 valence electrons. The summed E-state index contributed by atoms with van der Waals surface area (Å²) in [4.78, 5) is 2.38. The van der Waals surface area contributed by atoms with Crippen molar-refractivity contribution in [3.63, 3.8) is 0 Å². The fourth-order valence-electron chi connectivity index (χ4n) is 2.94. The Balaban J connectivity index is 2.23. The van der Waals surface area contributed by atoms with Gasteiger partial charge in [0.15, 0.2) is 0 Å². The summed E-state index contributed by atoms with van der Waals surface area (Å²) in [5, 5.41) is 0. The minimum Gasteiger partial charge on any atom is -0.496 e. The zero-order valence-corrected chi connectivity index (χ0v) is 12.1. The van der Waals surface area contributed by atoms with Crippen LogP contribution in [0.15, 0.2) is 18.2 Å². The standard InChI is InChI=1S/C15H24N2O2/c1-17-9-11(8-16)6-14(17)12-4-5-15(19-3)13(7-12)10-18-2/h4-5,7,11,14H,6,8-10,16H2,1-3H3. The van der Waals surface area contributed by atoms with Crippen LogP contribution in [0, 0.1) is 5.92 Å². The average Bonchev–Trinajstić information content (AvgIpc) is 2.80. The Kier molecular flexibility index (Phi) is 4.80. The number of hydrogen-bond acceptors (Lipinski definition) is 4. The van der Waals surface area contributed by atoms with Crippen molar-refractivity contribution >= 4 is 0 Å². The zero-order chi connectivity index (χ0) is 13.8. The highest BCUT2D eigenvalue weighted by molar-refractivity contribution is 5.38. The molecule has 0 aliphatic carbocycles. The van der Waals surface area contributed by atoms with E-state index in [9.17, 15) is 0 Å². The molecule has 0 radical (unpaired) electrons. The Morgan fingerprint density at radius 1 is 1.37 bits per heavy atom. The molecule has 4 heteroatoms. The van der Waals surface area contributed by atoms with Gasteiger partial charge in [0.25, 0.3) is 0 Å². The van der Waals surface area contributed by atoms with Gasteiger partial charge < -0.3 is 15.2 Å². The molecule has 1 saturated heterocycles. The summed E-state index contributed by atoms with van der Waals surface area (Å²) < 4.78 is 10.6. The lowest BCUT2D eigenvalue weighted by molar-refractivity contribution is 0.181. The molecule has 0 bridgehead atoms. The van der Waals surface area contributed by atoms with E-state index in [0.29, 0.717) is 18.6 Å². The quantitative estimate of drug-likeness (QED) is 0.881. The highest BCUT2D eigenvalue weighted by Crippen LogP contribution is 2.35. The second-order valence-electron chi connectivity index (χ2n) is 5.30. The lowest BCUT2D eigenvalue weighted by Crippen LogP contribution is -2.20. The Hall–Kier alpha value is -1.10. The van der Waals surface area contributed by atoms with Gasteiger partial charge in [-0.15, -0.1) is 0 Å². The molecule has 2 unspecified atom stereocenters. The Bertz CT molecular complexity index is 423. The van der Waals surface area contributed by atoms with Gasteiger partial charge in [-0.1, -0.05) is 6.07 Å². The average molecular weight is 264 g/mol. The highest BCUT2D eigenvalue weighted by atomic mass is 16.5. The van der Waals surface area contributed by atoms with Crippen LogP contribution in [0.5, 0.6) is 5.75 Å².